The van der Waals surface area contributed by atoms with Crippen LogP contribution in [0.5, 0.6) is 0 Å². The molecule has 0 aliphatic carbocycles. The Morgan fingerprint density at radius 2 is 2.09 bits per heavy atom. The fraction of sp³-hybridized carbons (Fsp3) is 0.545. The maximum atomic E-state index is 12.5. The van der Waals surface area contributed by atoms with Gasteiger partial charge in [0.2, 0.25) is 5.95 Å². The molecule has 184 valence electrons. The molecule has 1 fully saturated rings. The van der Waals surface area contributed by atoms with Crippen LogP contribution >= 0.6 is 0 Å². The van der Waals surface area contributed by atoms with E-state index in [0.29, 0.717) is 41.1 Å². The molecule has 1 aliphatic rings. The van der Waals surface area contributed by atoms with Gasteiger partial charge in [-0.3, -0.25) is 4.68 Å². The number of aryl methyl sites for hydroxylation is 1. The van der Waals surface area contributed by atoms with Crippen LogP contribution in [0.2, 0.25) is 0 Å². The standard InChI is InChI=1S/C22H29F3N8O/c1-3-15-13-32(10-9-26-15)21-29-18-16(4-2)31-33(11-12-34-14-22(23,24)25)19(18)20(30-21)28-17-7-5-6-8-27-17/h5-8,15,26H,3-4,9-14H2,1-2H3,(H,27,28,29,30)/t15-/m0/s1. The van der Waals surface area contributed by atoms with Crippen molar-refractivity contribution in [2.24, 2.45) is 0 Å². The van der Waals surface area contributed by atoms with E-state index < -0.39 is 12.8 Å². The van der Waals surface area contributed by atoms with E-state index in [1.165, 1.54) is 0 Å². The molecule has 0 amide bonds. The zero-order chi connectivity index (χ0) is 24.1. The largest absolute Gasteiger partial charge is 0.411 e. The van der Waals surface area contributed by atoms with Crippen molar-refractivity contribution in [2.75, 3.05) is 43.1 Å². The summed E-state index contributed by atoms with van der Waals surface area (Å²) in [5.41, 5.74) is 2.04. The first-order valence-electron chi connectivity index (χ1n) is 11.5. The Bertz CT molecular complexity index is 1090. The van der Waals surface area contributed by atoms with E-state index in [2.05, 4.69) is 32.5 Å². The van der Waals surface area contributed by atoms with Gasteiger partial charge in [-0.1, -0.05) is 19.9 Å². The number of nitrogens with one attached hydrogen (secondary N) is 2. The van der Waals surface area contributed by atoms with Crippen LogP contribution in [0.1, 0.15) is 26.0 Å². The van der Waals surface area contributed by atoms with Crippen molar-refractivity contribution >= 4 is 28.6 Å². The summed E-state index contributed by atoms with van der Waals surface area (Å²) >= 11 is 0. The summed E-state index contributed by atoms with van der Waals surface area (Å²) in [6.07, 6.45) is -1.09. The van der Waals surface area contributed by atoms with Crippen molar-refractivity contribution in [1.82, 2.24) is 30.0 Å². The average molecular weight is 479 g/mol. The van der Waals surface area contributed by atoms with Crippen molar-refractivity contribution in [2.45, 2.75) is 45.5 Å². The maximum Gasteiger partial charge on any atom is 0.411 e. The van der Waals surface area contributed by atoms with Crippen LogP contribution in [-0.2, 0) is 17.7 Å². The topological polar surface area (TPSA) is 93.0 Å². The van der Waals surface area contributed by atoms with E-state index in [1.54, 1.807) is 10.9 Å². The normalized spacial score (nSPS) is 16.9. The molecule has 0 radical (unpaired) electrons. The number of fused-ring (bicyclic) bond motifs is 1. The minimum atomic E-state index is -4.37. The molecular weight excluding hydrogens is 449 g/mol. The molecule has 34 heavy (non-hydrogen) atoms. The lowest BCUT2D eigenvalue weighted by molar-refractivity contribution is -0.174. The quantitative estimate of drug-likeness (QED) is 0.453. The predicted molar refractivity (Wildman–Crippen MR) is 123 cm³/mol. The molecule has 0 unspecified atom stereocenters. The van der Waals surface area contributed by atoms with Gasteiger partial charge in [-0.2, -0.15) is 23.3 Å². The molecule has 3 aromatic rings. The second kappa shape index (κ2) is 10.5. The fourth-order valence-electron chi connectivity index (χ4n) is 3.94. The van der Waals surface area contributed by atoms with Crippen LogP contribution in [0.25, 0.3) is 11.0 Å². The molecule has 1 aliphatic heterocycles. The lowest BCUT2D eigenvalue weighted by Crippen LogP contribution is -2.51. The number of hydrogen-bond donors (Lipinski definition) is 2. The number of ether oxygens (including phenoxy) is 1. The SMILES string of the molecule is CCc1nn(CCOCC(F)(F)F)c2c(Nc3ccccn3)nc(N3CCN[C@@H](CC)C3)nc12. The number of alkyl halides is 3. The first kappa shape index (κ1) is 24.1. The van der Waals surface area contributed by atoms with Crippen LogP contribution in [0.15, 0.2) is 24.4 Å². The minimum Gasteiger partial charge on any atom is -0.370 e. The molecule has 9 nitrogen and oxygen atoms in total. The Morgan fingerprint density at radius 1 is 1.24 bits per heavy atom. The van der Waals surface area contributed by atoms with Gasteiger partial charge in [0.1, 0.15) is 23.5 Å². The Kier molecular flexibility index (Phi) is 7.47. The van der Waals surface area contributed by atoms with Crippen LogP contribution in [0.4, 0.5) is 30.8 Å². The lowest BCUT2D eigenvalue weighted by atomic mass is 10.1. The number of rotatable bonds is 9. The molecule has 1 saturated heterocycles. The molecule has 0 saturated carbocycles. The highest BCUT2D eigenvalue weighted by atomic mass is 19.4. The van der Waals surface area contributed by atoms with E-state index >= 15 is 0 Å². The summed E-state index contributed by atoms with van der Waals surface area (Å²) in [5, 5.41) is 11.4. The minimum absolute atomic E-state index is 0.137. The van der Waals surface area contributed by atoms with Gasteiger partial charge in [0, 0.05) is 31.9 Å². The van der Waals surface area contributed by atoms with Crippen LogP contribution in [0, 0.1) is 0 Å². The van der Waals surface area contributed by atoms with Crippen molar-refractivity contribution in [3.63, 3.8) is 0 Å². The van der Waals surface area contributed by atoms with E-state index in [0.717, 1.165) is 31.7 Å². The van der Waals surface area contributed by atoms with Crippen LogP contribution in [0.3, 0.4) is 0 Å². The van der Waals surface area contributed by atoms with Gasteiger partial charge in [0.25, 0.3) is 0 Å². The summed E-state index contributed by atoms with van der Waals surface area (Å²) in [5.74, 6) is 1.70. The second-order valence-corrected chi connectivity index (χ2v) is 8.11. The van der Waals surface area contributed by atoms with Crippen molar-refractivity contribution in [3.8, 4) is 0 Å². The first-order chi connectivity index (χ1) is 16.4. The molecule has 4 rings (SSSR count). The Labute approximate surface area is 195 Å². The monoisotopic (exact) mass is 478 g/mol. The molecule has 1 atom stereocenters. The van der Waals surface area contributed by atoms with Crippen molar-refractivity contribution in [1.29, 1.82) is 0 Å². The smallest absolute Gasteiger partial charge is 0.370 e. The van der Waals surface area contributed by atoms with Gasteiger partial charge in [0.15, 0.2) is 5.82 Å². The Balaban J connectivity index is 1.72. The summed E-state index contributed by atoms with van der Waals surface area (Å²) in [7, 11) is 0. The molecule has 12 heteroatoms. The highest BCUT2D eigenvalue weighted by Gasteiger charge is 2.28. The molecule has 0 aromatic carbocycles. The van der Waals surface area contributed by atoms with Gasteiger partial charge in [-0.25, -0.2) is 9.97 Å². The number of halogens is 3. The number of piperazine rings is 1. The molecule has 0 bridgehead atoms. The van der Waals surface area contributed by atoms with E-state index in [1.807, 2.05) is 25.1 Å². The van der Waals surface area contributed by atoms with Crippen molar-refractivity contribution < 1.29 is 17.9 Å². The average Bonchev–Trinajstić information content (AvgIpc) is 3.20. The molecule has 3 aromatic heterocycles. The fourth-order valence-corrected chi connectivity index (χ4v) is 3.94. The molecular formula is C22H29F3N8O. The Hall–Kier alpha value is -2.99. The third-order valence-corrected chi connectivity index (χ3v) is 5.64. The van der Waals surface area contributed by atoms with Crippen molar-refractivity contribution in [3.05, 3.63) is 30.1 Å². The molecule has 2 N–H and O–H groups in total. The lowest BCUT2D eigenvalue weighted by Gasteiger charge is -2.33. The summed E-state index contributed by atoms with van der Waals surface area (Å²) in [4.78, 5) is 16.2. The van der Waals surface area contributed by atoms with Gasteiger partial charge in [-0.15, -0.1) is 0 Å². The third-order valence-electron chi connectivity index (χ3n) is 5.64. The second-order valence-electron chi connectivity index (χ2n) is 8.11. The zero-order valence-electron chi connectivity index (χ0n) is 19.3. The number of hydrogen-bond acceptors (Lipinski definition) is 8. The molecule has 4 heterocycles. The number of aromatic nitrogens is 5. The third kappa shape index (κ3) is 5.73. The van der Waals surface area contributed by atoms with E-state index in [9.17, 15) is 13.2 Å². The number of anilines is 3. The highest BCUT2D eigenvalue weighted by molar-refractivity contribution is 5.90. The van der Waals surface area contributed by atoms with Gasteiger partial charge in [-0.05, 0) is 25.0 Å². The van der Waals surface area contributed by atoms with Gasteiger partial charge >= 0.3 is 6.18 Å². The summed E-state index contributed by atoms with van der Waals surface area (Å²) in [6.45, 7) is 5.19. The van der Waals surface area contributed by atoms with E-state index in [4.69, 9.17) is 14.7 Å². The highest BCUT2D eigenvalue weighted by Crippen LogP contribution is 2.29. The number of pyridine rings is 1. The van der Waals surface area contributed by atoms with Crippen LogP contribution < -0.4 is 15.5 Å². The van der Waals surface area contributed by atoms with Gasteiger partial charge in [0.05, 0.1) is 18.8 Å². The van der Waals surface area contributed by atoms with E-state index in [-0.39, 0.29) is 13.2 Å². The maximum absolute atomic E-state index is 12.5. The first-order valence-corrected chi connectivity index (χ1v) is 11.5. The molecule has 0 spiro atoms. The predicted octanol–water partition coefficient (Wildman–Crippen LogP) is 3.29. The van der Waals surface area contributed by atoms with Crippen LogP contribution in [-0.4, -0.2) is 69.8 Å². The Morgan fingerprint density at radius 3 is 2.79 bits per heavy atom. The summed E-state index contributed by atoms with van der Waals surface area (Å²) in [6, 6.07) is 5.84. The number of nitrogens with zero attached hydrogens (tertiary/aromatic N) is 6. The summed E-state index contributed by atoms with van der Waals surface area (Å²) < 4.78 is 43.9. The zero-order valence-corrected chi connectivity index (χ0v) is 19.3. The van der Waals surface area contributed by atoms with Gasteiger partial charge < -0.3 is 20.3 Å².